The number of hydrogen-bond donors (Lipinski definition) is 0. The Bertz CT molecular complexity index is 3020. The fourth-order valence-electron chi connectivity index (χ4n) is 8.23. The molecule has 0 atom stereocenters. The zero-order chi connectivity index (χ0) is 37.6. The molecule has 0 aliphatic rings. The molecule has 0 aliphatic heterocycles. The molecule has 0 radical (unpaired) electrons. The summed E-state index contributed by atoms with van der Waals surface area (Å²) in [6.07, 6.45) is 12.4. The summed E-state index contributed by atoms with van der Waals surface area (Å²) in [5.74, 6) is 1.57. The first-order chi connectivity index (χ1) is 27.7. The smallest absolute Gasteiger partial charge is 0.134 e. The molecular formula is C52H36N2O2. The number of ether oxygens (including phenoxy) is 2. The third kappa shape index (κ3) is 5.71. The maximum atomic E-state index is 6.41. The minimum absolute atomic E-state index is 0.784. The van der Waals surface area contributed by atoms with Gasteiger partial charge < -0.3 is 9.47 Å². The first-order valence-corrected chi connectivity index (χ1v) is 18.8. The summed E-state index contributed by atoms with van der Waals surface area (Å²) in [6.45, 7) is 0. The van der Waals surface area contributed by atoms with Gasteiger partial charge in [0.15, 0.2) is 0 Å². The molecule has 0 saturated carbocycles. The summed E-state index contributed by atoms with van der Waals surface area (Å²) in [4.78, 5) is 9.43. The second-order valence-corrected chi connectivity index (χ2v) is 14.1. The van der Waals surface area contributed by atoms with Crippen molar-refractivity contribution in [3.05, 3.63) is 180 Å². The van der Waals surface area contributed by atoms with E-state index < -0.39 is 0 Å². The van der Waals surface area contributed by atoms with Gasteiger partial charge in [-0.2, -0.15) is 0 Å². The third-order valence-electron chi connectivity index (χ3n) is 10.9. The predicted molar refractivity (Wildman–Crippen MR) is 236 cm³/mol. The lowest BCUT2D eigenvalue weighted by molar-refractivity contribution is 0.410. The van der Waals surface area contributed by atoms with Gasteiger partial charge in [0.05, 0.1) is 25.3 Å². The molecule has 0 spiro atoms. The quantitative estimate of drug-likeness (QED) is 0.121. The molecule has 0 bridgehead atoms. The van der Waals surface area contributed by atoms with Gasteiger partial charge in [-0.15, -0.1) is 0 Å². The van der Waals surface area contributed by atoms with Crippen molar-refractivity contribution in [2.75, 3.05) is 14.2 Å². The molecule has 10 rings (SSSR count). The molecule has 2 aromatic heterocycles. The SMILES string of the molecule is COc1c(/C=C\c2ccc3ccc4cccnc4c3c2)cc2ccccc2c1-c1c(OC)c(/C=C\c2ccc3ccc4cccnc4c3c2)cc2ccccc12. The van der Waals surface area contributed by atoms with E-state index in [0.717, 1.165) is 110 Å². The topological polar surface area (TPSA) is 44.2 Å². The van der Waals surface area contributed by atoms with Crippen LogP contribution < -0.4 is 9.47 Å². The van der Waals surface area contributed by atoms with Crippen molar-refractivity contribution in [2.24, 2.45) is 0 Å². The molecule has 266 valence electrons. The van der Waals surface area contributed by atoms with Gasteiger partial charge >= 0.3 is 0 Å². The van der Waals surface area contributed by atoms with Crippen molar-refractivity contribution >= 4 is 89.2 Å². The first kappa shape index (κ1) is 33.3. The Balaban J connectivity index is 1.15. The van der Waals surface area contributed by atoms with Crippen LogP contribution >= 0.6 is 0 Å². The van der Waals surface area contributed by atoms with E-state index in [2.05, 4.69) is 158 Å². The van der Waals surface area contributed by atoms with Crippen LogP contribution in [0.3, 0.4) is 0 Å². The Hall–Kier alpha value is -7.30. The number of pyridine rings is 2. The fraction of sp³-hybridized carbons (Fsp3) is 0.0385. The highest BCUT2D eigenvalue weighted by molar-refractivity contribution is 6.13. The van der Waals surface area contributed by atoms with E-state index in [-0.39, 0.29) is 0 Å². The van der Waals surface area contributed by atoms with Crippen LogP contribution in [-0.4, -0.2) is 24.2 Å². The normalized spacial score (nSPS) is 12.0. The highest BCUT2D eigenvalue weighted by atomic mass is 16.5. The Kier molecular flexibility index (Phi) is 8.23. The van der Waals surface area contributed by atoms with Crippen LogP contribution in [0.4, 0.5) is 0 Å². The summed E-state index contributed by atoms with van der Waals surface area (Å²) in [5.41, 5.74) is 8.11. The van der Waals surface area contributed by atoms with Crippen LogP contribution in [0.2, 0.25) is 0 Å². The van der Waals surface area contributed by atoms with E-state index in [0.29, 0.717) is 0 Å². The van der Waals surface area contributed by atoms with E-state index in [1.807, 2.05) is 24.5 Å². The molecule has 0 N–H and O–H groups in total. The molecule has 4 heteroatoms. The molecular weight excluding hydrogens is 685 g/mol. The van der Waals surface area contributed by atoms with Gasteiger partial charge in [0, 0.05) is 56.2 Å². The van der Waals surface area contributed by atoms with Gasteiger partial charge in [-0.1, -0.05) is 133 Å². The molecule has 0 aliphatic carbocycles. The van der Waals surface area contributed by atoms with Gasteiger partial charge in [0.1, 0.15) is 11.5 Å². The van der Waals surface area contributed by atoms with Crippen LogP contribution in [0.25, 0.3) is 100 Å². The molecule has 56 heavy (non-hydrogen) atoms. The summed E-state index contributed by atoms with van der Waals surface area (Å²) >= 11 is 0. The average Bonchev–Trinajstić information content (AvgIpc) is 3.26. The van der Waals surface area contributed by atoms with Crippen molar-refractivity contribution < 1.29 is 9.47 Å². The number of methoxy groups -OCH3 is 2. The van der Waals surface area contributed by atoms with Crippen LogP contribution in [0.5, 0.6) is 11.5 Å². The largest absolute Gasteiger partial charge is 0.495 e. The van der Waals surface area contributed by atoms with E-state index in [1.54, 1.807) is 14.2 Å². The fourth-order valence-corrected chi connectivity index (χ4v) is 8.23. The number of aromatic nitrogens is 2. The third-order valence-corrected chi connectivity index (χ3v) is 10.9. The van der Waals surface area contributed by atoms with Crippen molar-refractivity contribution in [1.29, 1.82) is 0 Å². The number of rotatable bonds is 7. The molecule has 0 saturated heterocycles. The number of benzene rings is 8. The molecule has 0 unspecified atom stereocenters. The summed E-state index contributed by atoms with van der Waals surface area (Å²) < 4.78 is 12.8. The van der Waals surface area contributed by atoms with Crippen LogP contribution in [0, 0.1) is 0 Å². The van der Waals surface area contributed by atoms with E-state index in [9.17, 15) is 0 Å². The Labute approximate surface area is 324 Å². The van der Waals surface area contributed by atoms with E-state index in [1.165, 1.54) is 0 Å². The first-order valence-electron chi connectivity index (χ1n) is 18.8. The lowest BCUT2D eigenvalue weighted by Gasteiger charge is -2.21. The monoisotopic (exact) mass is 720 g/mol. The van der Waals surface area contributed by atoms with Crippen LogP contribution in [0.1, 0.15) is 22.3 Å². The molecule has 0 amide bonds. The highest BCUT2D eigenvalue weighted by Crippen LogP contribution is 2.49. The molecule has 10 aromatic rings. The maximum absolute atomic E-state index is 6.41. The van der Waals surface area contributed by atoms with Crippen LogP contribution in [0.15, 0.2) is 158 Å². The zero-order valence-corrected chi connectivity index (χ0v) is 31.0. The summed E-state index contributed by atoms with van der Waals surface area (Å²) in [7, 11) is 3.52. The van der Waals surface area contributed by atoms with E-state index in [4.69, 9.17) is 19.4 Å². The van der Waals surface area contributed by atoms with Crippen molar-refractivity contribution in [3.8, 4) is 22.6 Å². The lowest BCUT2D eigenvalue weighted by atomic mass is 9.88. The zero-order valence-electron chi connectivity index (χ0n) is 31.0. The van der Waals surface area contributed by atoms with Crippen LogP contribution in [-0.2, 0) is 0 Å². The van der Waals surface area contributed by atoms with Gasteiger partial charge in [-0.25, -0.2) is 0 Å². The predicted octanol–water partition coefficient (Wildman–Crippen LogP) is 13.4. The molecule has 4 nitrogen and oxygen atoms in total. The Morgan fingerprint density at radius 2 is 0.786 bits per heavy atom. The Morgan fingerprint density at radius 3 is 1.25 bits per heavy atom. The van der Waals surface area contributed by atoms with Crippen molar-refractivity contribution in [1.82, 2.24) is 9.97 Å². The van der Waals surface area contributed by atoms with Gasteiger partial charge in [-0.3, -0.25) is 9.97 Å². The van der Waals surface area contributed by atoms with Crippen molar-refractivity contribution in [3.63, 3.8) is 0 Å². The number of fused-ring (bicyclic) bond motifs is 8. The second-order valence-electron chi connectivity index (χ2n) is 14.1. The molecule has 0 fully saturated rings. The maximum Gasteiger partial charge on any atom is 0.134 e. The minimum atomic E-state index is 0.784. The minimum Gasteiger partial charge on any atom is -0.495 e. The van der Waals surface area contributed by atoms with Crippen molar-refractivity contribution in [2.45, 2.75) is 0 Å². The average molecular weight is 721 g/mol. The summed E-state index contributed by atoms with van der Waals surface area (Å²) in [6, 6.07) is 51.3. The standard InChI is InChI=1S/C52H36N2O2/c1-55-51-41(21-17-33-15-19-35-23-25-37-11-7-27-53-49(37)45(35)29-33)31-39-9-3-5-13-43(39)47(51)48-44-14-6-4-10-40(44)32-42(52(48)56-2)22-18-34-16-20-36-24-26-38-12-8-28-54-50(38)46(36)30-34/h3-32H,1-2H3/b21-17-,22-18-. The van der Waals surface area contributed by atoms with Gasteiger partial charge in [0.25, 0.3) is 0 Å². The lowest BCUT2D eigenvalue weighted by Crippen LogP contribution is -1.98. The Morgan fingerprint density at radius 1 is 0.375 bits per heavy atom. The van der Waals surface area contributed by atoms with Gasteiger partial charge in [0.2, 0.25) is 0 Å². The van der Waals surface area contributed by atoms with E-state index >= 15 is 0 Å². The molecule has 2 heterocycles. The molecule has 8 aromatic carbocycles. The van der Waals surface area contributed by atoms with Gasteiger partial charge in [-0.05, 0) is 79.8 Å². The summed E-state index contributed by atoms with van der Waals surface area (Å²) in [5, 5.41) is 11.2. The highest BCUT2D eigenvalue weighted by Gasteiger charge is 2.23. The number of nitrogens with zero attached hydrogens (tertiary/aromatic N) is 2. The second kappa shape index (κ2) is 13.8. The number of hydrogen-bond acceptors (Lipinski definition) is 4.